The van der Waals surface area contributed by atoms with E-state index in [-0.39, 0.29) is 17.7 Å². The fraction of sp³-hybridized carbons (Fsp3) is 0.652. The van der Waals surface area contributed by atoms with Crippen LogP contribution >= 0.6 is 0 Å². The molecule has 0 radical (unpaired) electrons. The molecule has 0 aliphatic rings. The standard InChI is InChI=1S/C23H38N2O2/c1-4-6-7-8-9-13-16-21(26)25-22(19(3)5-2)23(27)24-18-17-20-14-11-10-12-15-20/h10-12,14-15,19,22H,4-9,13,16-18H2,1-3H3,(H,24,27)(H,25,26). The Bertz CT molecular complexity index is 530. The first kappa shape index (κ1) is 23.2. The molecule has 0 saturated carbocycles. The molecule has 0 aliphatic carbocycles. The third-order valence-electron chi connectivity index (χ3n) is 5.13. The normalized spacial score (nSPS) is 13.0. The Morgan fingerprint density at radius 1 is 0.963 bits per heavy atom. The van der Waals surface area contributed by atoms with Crippen molar-refractivity contribution in [2.24, 2.45) is 5.92 Å². The van der Waals surface area contributed by atoms with Crippen molar-refractivity contribution in [3.63, 3.8) is 0 Å². The van der Waals surface area contributed by atoms with Gasteiger partial charge in [0.05, 0.1) is 0 Å². The minimum atomic E-state index is -0.446. The SMILES string of the molecule is CCCCCCCCC(=O)NC(C(=O)NCCc1ccccc1)C(C)CC. The van der Waals surface area contributed by atoms with E-state index in [0.29, 0.717) is 13.0 Å². The van der Waals surface area contributed by atoms with Crippen LogP contribution < -0.4 is 10.6 Å². The first-order chi connectivity index (χ1) is 13.1. The summed E-state index contributed by atoms with van der Waals surface area (Å²) in [5.74, 6) is 0.0424. The van der Waals surface area contributed by atoms with E-state index in [1.54, 1.807) is 0 Å². The summed E-state index contributed by atoms with van der Waals surface area (Å²) in [5, 5.41) is 5.96. The molecular weight excluding hydrogens is 336 g/mol. The van der Waals surface area contributed by atoms with E-state index >= 15 is 0 Å². The molecule has 2 amide bonds. The fourth-order valence-corrected chi connectivity index (χ4v) is 3.10. The molecule has 0 heterocycles. The van der Waals surface area contributed by atoms with Crippen LogP contribution in [0.15, 0.2) is 30.3 Å². The van der Waals surface area contributed by atoms with E-state index in [4.69, 9.17) is 0 Å². The van der Waals surface area contributed by atoms with Gasteiger partial charge in [-0.3, -0.25) is 9.59 Å². The second kappa shape index (κ2) is 14.2. The van der Waals surface area contributed by atoms with Crippen LogP contribution in [0, 0.1) is 5.92 Å². The fourth-order valence-electron chi connectivity index (χ4n) is 3.10. The first-order valence-corrected chi connectivity index (χ1v) is 10.7. The summed E-state index contributed by atoms with van der Waals surface area (Å²) in [6.07, 6.45) is 9.09. The van der Waals surface area contributed by atoms with Crippen LogP contribution in [0.1, 0.15) is 77.7 Å². The van der Waals surface area contributed by atoms with E-state index in [2.05, 4.69) is 36.6 Å². The van der Waals surface area contributed by atoms with E-state index in [1.807, 2.05) is 25.1 Å². The molecule has 27 heavy (non-hydrogen) atoms. The molecule has 2 N–H and O–H groups in total. The molecule has 152 valence electrons. The van der Waals surface area contributed by atoms with E-state index < -0.39 is 6.04 Å². The molecule has 4 heteroatoms. The van der Waals surface area contributed by atoms with Gasteiger partial charge in [0.1, 0.15) is 6.04 Å². The lowest BCUT2D eigenvalue weighted by Gasteiger charge is -2.23. The van der Waals surface area contributed by atoms with Crippen LogP contribution in [0.4, 0.5) is 0 Å². The molecule has 2 unspecified atom stereocenters. The van der Waals surface area contributed by atoms with Gasteiger partial charge in [0.2, 0.25) is 11.8 Å². The molecule has 0 fully saturated rings. The van der Waals surface area contributed by atoms with Gasteiger partial charge in [0.15, 0.2) is 0 Å². The number of rotatable bonds is 14. The molecule has 2 atom stereocenters. The minimum Gasteiger partial charge on any atom is -0.354 e. The van der Waals surface area contributed by atoms with Gasteiger partial charge >= 0.3 is 0 Å². The monoisotopic (exact) mass is 374 g/mol. The van der Waals surface area contributed by atoms with E-state index in [0.717, 1.165) is 25.7 Å². The van der Waals surface area contributed by atoms with E-state index in [1.165, 1.54) is 31.2 Å². The van der Waals surface area contributed by atoms with Crippen LogP contribution in [0.2, 0.25) is 0 Å². The Morgan fingerprint density at radius 2 is 1.63 bits per heavy atom. The Hall–Kier alpha value is -1.84. The highest BCUT2D eigenvalue weighted by molar-refractivity contribution is 5.87. The Labute approximate surface area is 165 Å². The summed E-state index contributed by atoms with van der Waals surface area (Å²) in [7, 11) is 0. The lowest BCUT2D eigenvalue weighted by atomic mass is 9.97. The maximum atomic E-state index is 12.6. The lowest BCUT2D eigenvalue weighted by Crippen LogP contribution is -2.50. The highest BCUT2D eigenvalue weighted by atomic mass is 16.2. The van der Waals surface area contributed by atoms with Crippen molar-refractivity contribution in [3.05, 3.63) is 35.9 Å². The van der Waals surface area contributed by atoms with Crippen LogP contribution in [-0.2, 0) is 16.0 Å². The number of benzene rings is 1. The summed E-state index contributed by atoms with van der Waals surface area (Å²) >= 11 is 0. The van der Waals surface area contributed by atoms with Crippen molar-refractivity contribution in [2.45, 2.75) is 84.6 Å². The third kappa shape index (κ3) is 10.2. The number of carbonyl (C=O) groups is 2. The summed E-state index contributed by atoms with van der Waals surface area (Å²) in [4.78, 5) is 24.9. The first-order valence-electron chi connectivity index (χ1n) is 10.7. The predicted molar refractivity (Wildman–Crippen MR) is 113 cm³/mol. The lowest BCUT2D eigenvalue weighted by molar-refractivity contribution is -0.130. The molecule has 0 aromatic heterocycles. The topological polar surface area (TPSA) is 58.2 Å². The molecule has 0 saturated heterocycles. The van der Waals surface area contributed by atoms with Gasteiger partial charge in [-0.15, -0.1) is 0 Å². The second-order valence-corrected chi connectivity index (χ2v) is 7.48. The zero-order valence-corrected chi connectivity index (χ0v) is 17.4. The van der Waals surface area contributed by atoms with Crippen LogP contribution in [-0.4, -0.2) is 24.4 Å². The predicted octanol–water partition coefficient (Wildman–Crippen LogP) is 4.63. The number of nitrogens with one attached hydrogen (secondary N) is 2. The Morgan fingerprint density at radius 3 is 2.30 bits per heavy atom. The van der Waals surface area contributed by atoms with Crippen LogP contribution in [0.5, 0.6) is 0 Å². The average molecular weight is 375 g/mol. The number of carbonyl (C=O) groups excluding carboxylic acids is 2. The van der Waals surface area contributed by atoms with Crippen molar-refractivity contribution in [1.82, 2.24) is 10.6 Å². The number of unbranched alkanes of at least 4 members (excludes halogenated alkanes) is 5. The van der Waals surface area contributed by atoms with Gasteiger partial charge in [-0.25, -0.2) is 0 Å². The molecule has 1 rings (SSSR count). The highest BCUT2D eigenvalue weighted by Gasteiger charge is 2.25. The average Bonchev–Trinajstić information content (AvgIpc) is 2.69. The third-order valence-corrected chi connectivity index (χ3v) is 5.13. The largest absolute Gasteiger partial charge is 0.354 e. The molecule has 0 spiro atoms. The van der Waals surface area contributed by atoms with Crippen molar-refractivity contribution < 1.29 is 9.59 Å². The maximum Gasteiger partial charge on any atom is 0.242 e. The second-order valence-electron chi connectivity index (χ2n) is 7.48. The highest BCUT2D eigenvalue weighted by Crippen LogP contribution is 2.10. The number of hydrogen-bond acceptors (Lipinski definition) is 2. The molecule has 1 aromatic rings. The van der Waals surface area contributed by atoms with Crippen LogP contribution in [0.25, 0.3) is 0 Å². The summed E-state index contributed by atoms with van der Waals surface area (Å²) < 4.78 is 0. The molecule has 0 bridgehead atoms. The van der Waals surface area contributed by atoms with E-state index in [9.17, 15) is 9.59 Å². The van der Waals surface area contributed by atoms with Gasteiger partial charge in [0.25, 0.3) is 0 Å². The maximum absolute atomic E-state index is 12.6. The van der Waals surface area contributed by atoms with Gasteiger partial charge in [-0.2, -0.15) is 0 Å². The smallest absolute Gasteiger partial charge is 0.242 e. The Kier molecular flexibility index (Phi) is 12.2. The van der Waals surface area contributed by atoms with Crippen molar-refractivity contribution in [2.75, 3.05) is 6.54 Å². The summed E-state index contributed by atoms with van der Waals surface area (Å²) in [5.41, 5.74) is 1.20. The number of hydrogen-bond donors (Lipinski definition) is 2. The van der Waals surface area contributed by atoms with Crippen molar-refractivity contribution >= 4 is 11.8 Å². The van der Waals surface area contributed by atoms with Gasteiger partial charge in [0, 0.05) is 13.0 Å². The van der Waals surface area contributed by atoms with Gasteiger partial charge in [-0.1, -0.05) is 89.6 Å². The van der Waals surface area contributed by atoms with Gasteiger partial charge in [-0.05, 0) is 24.3 Å². The zero-order chi connectivity index (χ0) is 19.9. The minimum absolute atomic E-state index is 0.00555. The van der Waals surface area contributed by atoms with Crippen molar-refractivity contribution in [3.8, 4) is 0 Å². The molecule has 1 aromatic carbocycles. The Balaban J connectivity index is 2.37. The number of amides is 2. The zero-order valence-electron chi connectivity index (χ0n) is 17.4. The molecule has 4 nitrogen and oxygen atoms in total. The van der Waals surface area contributed by atoms with Crippen molar-refractivity contribution in [1.29, 1.82) is 0 Å². The van der Waals surface area contributed by atoms with Gasteiger partial charge < -0.3 is 10.6 Å². The summed E-state index contributed by atoms with van der Waals surface area (Å²) in [6.45, 7) is 6.86. The van der Waals surface area contributed by atoms with Crippen LogP contribution in [0.3, 0.4) is 0 Å². The molecular formula is C23H38N2O2. The summed E-state index contributed by atoms with van der Waals surface area (Å²) in [6, 6.07) is 9.66. The quantitative estimate of drug-likeness (QED) is 0.467. The molecule has 0 aliphatic heterocycles.